The monoisotopic (exact) mass is 737 g/mol. The molecule has 6 rings (SSSR count). The number of allylic oxidation sites excluding steroid dienone is 1. The van der Waals surface area contributed by atoms with Crippen LogP contribution < -0.4 is 24.8 Å². The zero-order chi connectivity index (χ0) is 36.3. The third kappa shape index (κ3) is 8.06. The average Bonchev–Trinajstić information content (AvgIpc) is 3.51. The Labute approximate surface area is 303 Å². The van der Waals surface area contributed by atoms with Crippen LogP contribution in [0.25, 0.3) is 21.6 Å². The van der Waals surface area contributed by atoms with E-state index in [0.29, 0.717) is 42.0 Å². The first kappa shape index (κ1) is 36.7. The minimum atomic E-state index is -3.86. The number of amides is 3. The van der Waals surface area contributed by atoms with E-state index in [-0.39, 0.29) is 43.6 Å². The van der Waals surface area contributed by atoms with Crippen molar-refractivity contribution in [2.45, 2.75) is 108 Å². The van der Waals surface area contributed by atoms with E-state index in [1.165, 1.54) is 11.3 Å². The highest BCUT2D eigenvalue weighted by Gasteiger charge is 2.61. The van der Waals surface area contributed by atoms with E-state index in [0.717, 1.165) is 47.3 Å². The smallest absolute Gasteiger partial charge is 0.259 e. The van der Waals surface area contributed by atoms with Gasteiger partial charge in [-0.15, -0.1) is 11.3 Å². The molecule has 3 N–H and O–H groups in total. The number of sulfonamides is 1. The summed E-state index contributed by atoms with van der Waals surface area (Å²) >= 11 is 1.50. The third-order valence-corrected chi connectivity index (χ3v) is 12.9. The van der Waals surface area contributed by atoms with Crippen molar-refractivity contribution in [2.24, 2.45) is 5.92 Å². The molecule has 3 atom stereocenters. The number of pyridine rings is 1. The lowest BCUT2D eigenvalue weighted by Gasteiger charge is -2.28. The second kappa shape index (κ2) is 15.3. The number of aryl methyl sites for hydroxylation is 1. The van der Waals surface area contributed by atoms with Crippen LogP contribution in [0.1, 0.15) is 95.2 Å². The molecular weight excluding hydrogens is 691 g/mol. The molecule has 3 aromatic rings. The van der Waals surface area contributed by atoms with Crippen molar-refractivity contribution in [1.29, 1.82) is 0 Å². The topological polar surface area (TPSA) is 166 Å². The minimum absolute atomic E-state index is 0.0513. The van der Waals surface area contributed by atoms with E-state index in [2.05, 4.69) is 29.2 Å². The molecule has 0 saturated heterocycles. The first-order valence-corrected chi connectivity index (χ1v) is 20.3. The van der Waals surface area contributed by atoms with Gasteiger partial charge >= 0.3 is 0 Å². The summed E-state index contributed by atoms with van der Waals surface area (Å²) in [7, 11) is -2.25. The Bertz CT molecular complexity index is 1940. The number of nitrogens with zero attached hydrogens (tertiary/aromatic N) is 2. The van der Waals surface area contributed by atoms with Gasteiger partial charge in [0.1, 0.15) is 33.8 Å². The molecule has 0 spiro atoms. The predicted octanol–water partition coefficient (Wildman–Crippen LogP) is 5.45. The molecule has 14 heteroatoms. The summed E-state index contributed by atoms with van der Waals surface area (Å²) in [6.07, 6.45) is 9.46. The van der Waals surface area contributed by atoms with Gasteiger partial charge in [-0.05, 0) is 63.5 Å². The van der Waals surface area contributed by atoms with E-state index in [9.17, 15) is 22.8 Å². The third-order valence-electron chi connectivity index (χ3n) is 10.2. The predicted molar refractivity (Wildman–Crippen MR) is 196 cm³/mol. The quantitative estimate of drug-likeness (QED) is 0.230. The van der Waals surface area contributed by atoms with E-state index >= 15 is 0 Å². The van der Waals surface area contributed by atoms with Crippen molar-refractivity contribution in [2.75, 3.05) is 13.7 Å². The number of fused-ring (bicyclic) bond motifs is 2. The highest BCUT2D eigenvalue weighted by Crippen LogP contribution is 2.46. The molecule has 2 fully saturated rings. The van der Waals surface area contributed by atoms with E-state index in [1.807, 2.05) is 42.7 Å². The van der Waals surface area contributed by atoms with Crippen molar-refractivity contribution in [1.82, 2.24) is 25.3 Å². The Kier molecular flexibility index (Phi) is 11.0. The SMILES string of the molecule is COc1ccc2c(OCC[C@@H]3NC(=O)CCCCCC=C[C@@H]4C[C@@]4(C(=O)NS(=O)(=O)C4CCC4)NC3=O)cc(-c3nc(C(C)C)cs3)nc2c1C. The number of methoxy groups -OCH3 is 1. The summed E-state index contributed by atoms with van der Waals surface area (Å²) < 4.78 is 40.0. The summed E-state index contributed by atoms with van der Waals surface area (Å²) in [4.78, 5) is 50.3. The lowest BCUT2D eigenvalue weighted by Crippen LogP contribution is -2.58. The zero-order valence-corrected chi connectivity index (χ0v) is 31.3. The van der Waals surface area contributed by atoms with Crippen LogP contribution in [0.15, 0.2) is 35.7 Å². The number of ether oxygens (including phenoxy) is 2. The van der Waals surface area contributed by atoms with Crippen molar-refractivity contribution >= 4 is 50.0 Å². The van der Waals surface area contributed by atoms with Gasteiger partial charge in [0, 0.05) is 41.2 Å². The Hall–Kier alpha value is -4.04. The average molecular weight is 738 g/mol. The van der Waals surface area contributed by atoms with Crippen LogP contribution in [0.5, 0.6) is 11.5 Å². The van der Waals surface area contributed by atoms with Crippen molar-refractivity contribution in [3.05, 3.63) is 47.0 Å². The van der Waals surface area contributed by atoms with Gasteiger partial charge < -0.3 is 20.1 Å². The number of hydrogen-bond donors (Lipinski definition) is 3. The number of thiazole rings is 1. The molecule has 2 saturated carbocycles. The van der Waals surface area contributed by atoms with Gasteiger partial charge in [0.15, 0.2) is 0 Å². The summed E-state index contributed by atoms with van der Waals surface area (Å²) in [6, 6.07) is 4.55. The van der Waals surface area contributed by atoms with Crippen molar-refractivity contribution in [3.63, 3.8) is 0 Å². The van der Waals surface area contributed by atoms with Gasteiger partial charge in [0.05, 0.1) is 30.2 Å². The minimum Gasteiger partial charge on any atom is -0.496 e. The number of rotatable bonds is 10. The number of carbonyl (C=O) groups is 3. The molecule has 3 heterocycles. The maximum Gasteiger partial charge on any atom is 0.259 e. The summed E-state index contributed by atoms with van der Waals surface area (Å²) in [5.41, 5.74) is 1.74. The summed E-state index contributed by atoms with van der Waals surface area (Å²) in [5.74, 6) is -0.461. The number of aromatic nitrogens is 2. The van der Waals surface area contributed by atoms with Gasteiger partial charge in [-0.1, -0.05) is 38.8 Å². The highest BCUT2D eigenvalue weighted by molar-refractivity contribution is 7.90. The molecule has 1 aliphatic heterocycles. The molecule has 3 aliphatic rings. The molecule has 0 unspecified atom stereocenters. The first-order chi connectivity index (χ1) is 24.4. The molecule has 0 bridgehead atoms. The second-order valence-corrected chi connectivity index (χ2v) is 16.9. The van der Waals surface area contributed by atoms with Crippen LogP contribution in [-0.2, 0) is 24.4 Å². The zero-order valence-electron chi connectivity index (χ0n) is 29.6. The van der Waals surface area contributed by atoms with Crippen LogP contribution in [0.3, 0.4) is 0 Å². The molecule has 3 amide bonds. The molecule has 12 nitrogen and oxygen atoms in total. The van der Waals surface area contributed by atoms with Crippen molar-refractivity contribution < 1.29 is 32.3 Å². The largest absolute Gasteiger partial charge is 0.496 e. The van der Waals surface area contributed by atoms with Gasteiger partial charge in [-0.2, -0.15) is 0 Å². The fraction of sp³-hybridized carbons (Fsp3) is 0.541. The lowest BCUT2D eigenvalue weighted by molar-refractivity contribution is -0.132. The highest BCUT2D eigenvalue weighted by atomic mass is 32.2. The van der Waals surface area contributed by atoms with Crippen LogP contribution in [0, 0.1) is 12.8 Å². The van der Waals surface area contributed by atoms with Gasteiger partial charge in [0.25, 0.3) is 5.91 Å². The normalized spacial score (nSPS) is 23.1. The lowest BCUT2D eigenvalue weighted by atomic mass is 10.0. The molecule has 274 valence electrons. The Morgan fingerprint density at radius 2 is 1.92 bits per heavy atom. The van der Waals surface area contributed by atoms with Gasteiger partial charge in [-0.3, -0.25) is 19.1 Å². The van der Waals surface area contributed by atoms with E-state index in [1.54, 1.807) is 7.11 Å². The van der Waals surface area contributed by atoms with E-state index in [4.69, 9.17) is 19.4 Å². The van der Waals surface area contributed by atoms with Crippen molar-refractivity contribution in [3.8, 4) is 22.2 Å². The van der Waals surface area contributed by atoms with Crippen LogP contribution in [0.4, 0.5) is 0 Å². The Morgan fingerprint density at radius 1 is 1.12 bits per heavy atom. The number of benzene rings is 1. The Morgan fingerprint density at radius 3 is 2.63 bits per heavy atom. The molecule has 2 aromatic heterocycles. The maximum absolute atomic E-state index is 13.9. The second-order valence-electron chi connectivity index (χ2n) is 14.1. The summed E-state index contributed by atoms with van der Waals surface area (Å²) in [5, 5.41) is 8.65. The fourth-order valence-corrected chi connectivity index (χ4v) is 9.08. The fourth-order valence-electron chi connectivity index (χ4n) is 6.58. The maximum atomic E-state index is 13.9. The summed E-state index contributed by atoms with van der Waals surface area (Å²) in [6.45, 7) is 6.15. The van der Waals surface area contributed by atoms with Crippen LogP contribution >= 0.6 is 11.3 Å². The number of nitrogens with one attached hydrogen (secondary N) is 3. The molecular formula is C37H47N5O7S2. The van der Waals surface area contributed by atoms with Gasteiger partial charge in [0.2, 0.25) is 21.8 Å². The number of carbonyl (C=O) groups excluding carboxylic acids is 3. The molecule has 51 heavy (non-hydrogen) atoms. The standard InChI is InChI=1S/C37H47N5O7S2/c1-22(2)29-21-50-35(40-29)28-19-31(26-15-16-30(48-4)23(3)33(26)39-28)49-18-17-27-34(44)41-37(36(45)42-51(46,47)25-12-10-13-25)20-24(37)11-8-6-5-7-9-14-32(43)38-27/h8,11,15-16,19,21-22,24-25,27H,5-7,9-10,12-14,17-18,20H2,1-4H3,(H,38,43)(H,41,44)(H,42,45)/t24-,27+,37-/m1/s1. The van der Waals surface area contributed by atoms with E-state index < -0.39 is 38.7 Å². The number of hydrogen-bond acceptors (Lipinski definition) is 10. The molecule has 2 aliphatic carbocycles. The molecule has 0 radical (unpaired) electrons. The van der Waals surface area contributed by atoms with Gasteiger partial charge in [-0.25, -0.2) is 18.4 Å². The van der Waals surface area contributed by atoms with Crippen LogP contribution in [-0.4, -0.2) is 66.7 Å². The Balaban J connectivity index is 1.25. The first-order valence-electron chi connectivity index (χ1n) is 17.8. The molecule has 1 aromatic carbocycles. The van der Waals surface area contributed by atoms with Crippen LogP contribution in [0.2, 0.25) is 0 Å².